The molecule has 1 N–H and O–H groups in total. The number of nitrogens with zero attached hydrogens (tertiary/aromatic N) is 4. The molecule has 0 aliphatic heterocycles. The van der Waals surface area contributed by atoms with Crippen LogP contribution in [0.4, 0.5) is 0 Å². The highest BCUT2D eigenvalue weighted by Crippen LogP contribution is 2.13. The quantitative estimate of drug-likeness (QED) is 0.779. The summed E-state index contributed by atoms with van der Waals surface area (Å²) in [6.07, 6.45) is 8.94. The molecule has 0 fully saturated rings. The van der Waals surface area contributed by atoms with E-state index in [1.807, 2.05) is 48.1 Å². The number of carbonyl (C=O) groups is 1. The first-order valence-electron chi connectivity index (χ1n) is 7.04. The molecule has 0 aliphatic rings. The molecular weight excluding hydrogens is 278 g/mol. The van der Waals surface area contributed by atoms with Crippen LogP contribution in [0.5, 0.6) is 0 Å². The Morgan fingerprint density at radius 3 is 2.91 bits per heavy atom. The fourth-order valence-electron chi connectivity index (χ4n) is 2.26. The van der Waals surface area contributed by atoms with E-state index in [9.17, 15) is 4.79 Å². The van der Waals surface area contributed by atoms with Gasteiger partial charge in [-0.25, -0.2) is 4.98 Å². The SMILES string of the molecule is Cc1cnn(CC(=O)NCc2ccccc2-n2ccnc2)c1. The first-order valence-corrected chi connectivity index (χ1v) is 7.04. The molecule has 2 aromatic heterocycles. The average Bonchev–Trinajstić information content (AvgIpc) is 3.17. The van der Waals surface area contributed by atoms with Crippen molar-refractivity contribution in [1.82, 2.24) is 24.6 Å². The van der Waals surface area contributed by atoms with Crippen molar-refractivity contribution < 1.29 is 4.79 Å². The van der Waals surface area contributed by atoms with Gasteiger partial charge >= 0.3 is 0 Å². The van der Waals surface area contributed by atoms with E-state index in [2.05, 4.69) is 15.4 Å². The zero-order valence-electron chi connectivity index (χ0n) is 12.3. The van der Waals surface area contributed by atoms with Crippen LogP contribution in [0.25, 0.3) is 5.69 Å². The van der Waals surface area contributed by atoms with Crippen molar-refractivity contribution in [3.63, 3.8) is 0 Å². The van der Waals surface area contributed by atoms with E-state index >= 15 is 0 Å². The molecule has 1 amide bonds. The maximum Gasteiger partial charge on any atom is 0.241 e. The van der Waals surface area contributed by atoms with Crippen LogP contribution in [-0.4, -0.2) is 25.2 Å². The van der Waals surface area contributed by atoms with Crippen LogP contribution in [0.2, 0.25) is 0 Å². The summed E-state index contributed by atoms with van der Waals surface area (Å²) in [4.78, 5) is 16.1. The number of amides is 1. The number of hydrogen-bond acceptors (Lipinski definition) is 3. The molecule has 22 heavy (non-hydrogen) atoms. The molecule has 112 valence electrons. The van der Waals surface area contributed by atoms with Gasteiger partial charge in [-0.1, -0.05) is 18.2 Å². The van der Waals surface area contributed by atoms with Crippen molar-refractivity contribution in [2.24, 2.45) is 0 Å². The van der Waals surface area contributed by atoms with Gasteiger partial charge < -0.3 is 9.88 Å². The van der Waals surface area contributed by atoms with Gasteiger partial charge in [0, 0.05) is 25.1 Å². The van der Waals surface area contributed by atoms with Crippen LogP contribution in [0.15, 0.2) is 55.4 Å². The number of rotatable bonds is 5. The highest BCUT2D eigenvalue weighted by molar-refractivity contribution is 5.75. The Balaban J connectivity index is 1.65. The lowest BCUT2D eigenvalue weighted by molar-refractivity contribution is -0.122. The van der Waals surface area contributed by atoms with E-state index in [0.29, 0.717) is 6.54 Å². The molecule has 0 unspecified atom stereocenters. The molecule has 2 heterocycles. The van der Waals surface area contributed by atoms with Crippen LogP contribution < -0.4 is 5.32 Å². The molecule has 0 atom stereocenters. The Labute approximate surface area is 128 Å². The molecule has 0 saturated heterocycles. The number of imidazole rings is 1. The molecule has 0 bridgehead atoms. The second-order valence-corrected chi connectivity index (χ2v) is 5.09. The number of aromatic nitrogens is 4. The molecule has 0 aliphatic carbocycles. The van der Waals surface area contributed by atoms with Gasteiger partial charge in [0.15, 0.2) is 0 Å². The number of benzene rings is 1. The number of hydrogen-bond donors (Lipinski definition) is 1. The summed E-state index contributed by atoms with van der Waals surface area (Å²) in [7, 11) is 0. The van der Waals surface area contributed by atoms with Gasteiger partial charge in [-0.05, 0) is 24.1 Å². The lowest BCUT2D eigenvalue weighted by Gasteiger charge is -2.11. The lowest BCUT2D eigenvalue weighted by Crippen LogP contribution is -2.27. The molecule has 6 nitrogen and oxygen atoms in total. The van der Waals surface area contributed by atoms with Crippen molar-refractivity contribution in [2.75, 3.05) is 0 Å². The third-order valence-electron chi connectivity index (χ3n) is 3.32. The smallest absolute Gasteiger partial charge is 0.241 e. The molecular formula is C16H17N5O. The molecule has 0 radical (unpaired) electrons. The number of nitrogens with one attached hydrogen (secondary N) is 1. The van der Waals surface area contributed by atoms with E-state index in [1.54, 1.807) is 23.4 Å². The highest BCUT2D eigenvalue weighted by atomic mass is 16.2. The van der Waals surface area contributed by atoms with E-state index in [1.165, 1.54) is 0 Å². The number of aryl methyl sites for hydroxylation is 1. The zero-order chi connectivity index (χ0) is 15.4. The van der Waals surface area contributed by atoms with Crippen molar-refractivity contribution in [3.8, 4) is 5.69 Å². The Morgan fingerprint density at radius 1 is 1.32 bits per heavy atom. The van der Waals surface area contributed by atoms with E-state index < -0.39 is 0 Å². The fourth-order valence-corrected chi connectivity index (χ4v) is 2.26. The first-order chi connectivity index (χ1) is 10.7. The summed E-state index contributed by atoms with van der Waals surface area (Å²) in [5, 5.41) is 7.04. The molecule has 3 aromatic rings. The maximum absolute atomic E-state index is 12.0. The third kappa shape index (κ3) is 3.22. The second-order valence-electron chi connectivity index (χ2n) is 5.09. The second kappa shape index (κ2) is 6.26. The van der Waals surface area contributed by atoms with Gasteiger partial charge in [-0.15, -0.1) is 0 Å². The van der Waals surface area contributed by atoms with E-state index in [4.69, 9.17) is 0 Å². The van der Waals surface area contributed by atoms with Gasteiger partial charge in [-0.2, -0.15) is 5.10 Å². The Bertz CT molecular complexity index is 760. The van der Waals surface area contributed by atoms with Gasteiger partial charge in [0.25, 0.3) is 0 Å². The van der Waals surface area contributed by atoms with Crippen molar-refractivity contribution in [1.29, 1.82) is 0 Å². The Kier molecular flexibility index (Phi) is 4.00. The van der Waals surface area contributed by atoms with E-state index in [0.717, 1.165) is 16.8 Å². The molecule has 6 heteroatoms. The Hall–Kier alpha value is -2.89. The van der Waals surface area contributed by atoms with Crippen molar-refractivity contribution in [2.45, 2.75) is 20.0 Å². The standard InChI is InChI=1S/C16H17N5O/c1-13-8-19-21(10-13)11-16(22)18-9-14-4-2-3-5-15(14)20-7-6-17-12-20/h2-8,10,12H,9,11H2,1H3,(H,18,22). The monoisotopic (exact) mass is 295 g/mol. The van der Waals surface area contributed by atoms with Gasteiger partial charge in [-0.3, -0.25) is 9.48 Å². The molecule has 1 aromatic carbocycles. The van der Waals surface area contributed by atoms with Crippen LogP contribution in [0.3, 0.4) is 0 Å². The summed E-state index contributed by atoms with van der Waals surface area (Å²) in [6, 6.07) is 7.92. The van der Waals surface area contributed by atoms with Crippen LogP contribution >= 0.6 is 0 Å². The average molecular weight is 295 g/mol. The minimum Gasteiger partial charge on any atom is -0.350 e. The summed E-state index contributed by atoms with van der Waals surface area (Å²) in [6.45, 7) is 2.64. The molecule has 3 rings (SSSR count). The summed E-state index contributed by atoms with van der Waals surface area (Å²) >= 11 is 0. The topological polar surface area (TPSA) is 64.7 Å². The van der Waals surface area contributed by atoms with Crippen molar-refractivity contribution in [3.05, 3.63) is 66.5 Å². The van der Waals surface area contributed by atoms with Crippen LogP contribution in [-0.2, 0) is 17.9 Å². The normalized spacial score (nSPS) is 10.6. The zero-order valence-corrected chi connectivity index (χ0v) is 12.3. The van der Waals surface area contributed by atoms with E-state index in [-0.39, 0.29) is 12.5 Å². The fraction of sp³-hybridized carbons (Fsp3) is 0.188. The van der Waals surface area contributed by atoms with Gasteiger partial charge in [0.05, 0.1) is 18.2 Å². The largest absolute Gasteiger partial charge is 0.350 e. The molecule has 0 spiro atoms. The Morgan fingerprint density at radius 2 is 2.18 bits per heavy atom. The minimum atomic E-state index is -0.0662. The summed E-state index contributed by atoms with van der Waals surface area (Å²) in [5.41, 5.74) is 3.08. The number of carbonyl (C=O) groups excluding carboxylic acids is 1. The minimum absolute atomic E-state index is 0.0662. The van der Waals surface area contributed by atoms with Crippen LogP contribution in [0, 0.1) is 6.92 Å². The highest BCUT2D eigenvalue weighted by Gasteiger charge is 2.07. The van der Waals surface area contributed by atoms with Crippen LogP contribution in [0.1, 0.15) is 11.1 Å². The van der Waals surface area contributed by atoms with Gasteiger partial charge in [0.1, 0.15) is 6.54 Å². The first kappa shape index (κ1) is 14.1. The predicted octanol–water partition coefficient (Wildman–Crippen LogP) is 1.69. The number of para-hydroxylation sites is 1. The summed E-state index contributed by atoms with van der Waals surface area (Å²) in [5.74, 6) is -0.0662. The maximum atomic E-state index is 12.0. The lowest BCUT2D eigenvalue weighted by atomic mass is 10.1. The van der Waals surface area contributed by atoms with Crippen molar-refractivity contribution >= 4 is 5.91 Å². The molecule has 0 saturated carbocycles. The predicted molar refractivity (Wildman–Crippen MR) is 82.4 cm³/mol. The summed E-state index contributed by atoms with van der Waals surface area (Å²) < 4.78 is 3.56. The third-order valence-corrected chi connectivity index (χ3v) is 3.32. The van der Waals surface area contributed by atoms with Gasteiger partial charge in [0.2, 0.25) is 5.91 Å².